The number of hydrogen-bond donors (Lipinski definition) is 2. The second-order valence-electron chi connectivity index (χ2n) is 6.64. The van der Waals surface area contributed by atoms with Gasteiger partial charge in [-0.15, -0.1) is 0 Å². The second-order valence-corrected chi connectivity index (χ2v) is 6.64. The van der Waals surface area contributed by atoms with E-state index in [1.165, 1.54) is 44.1 Å². The molecule has 25 heavy (non-hydrogen) atoms. The highest BCUT2D eigenvalue weighted by Gasteiger charge is 2.17. The van der Waals surface area contributed by atoms with Crippen molar-refractivity contribution < 1.29 is 4.79 Å². The summed E-state index contributed by atoms with van der Waals surface area (Å²) in [6, 6.07) is 7.28. The van der Waals surface area contributed by atoms with Crippen molar-refractivity contribution in [3.05, 3.63) is 48.1 Å². The number of unbranched alkanes of at least 4 members (excludes halogenated alkanes) is 5. The Morgan fingerprint density at radius 1 is 1.12 bits per heavy atom. The lowest BCUT2D eigenvalue weighted by Crippen LogP contribution is -2.22. The first-order chi connectivity index (χ1) is 12.1. The Morgan fingerprint density at radius 3 is 2.28 bits per heavy atom. The lowest BCUT2D eigenvalue weighted by Gasteiger charge is -2.15. The van der Waals surface area contributed by atoms with E-state index in [-0.39, 0.29) is 11.8 Å². The van der Waals surface area contributed by atoms with E-state index in [1.807, 2.05) is 31.2 Å². The van der Waals surface area contributed by atoms with Crippen LogP contribution in [-0.4, -0.2) is 5.91 Å². The summed E-state index contributed by atoms with van der Waals surface area (Å²) in [6.07, 6.45) is 15.2. The molecule has 1 unspecified atom stereocenters. The number of amides is 1. The molecule has 0 saturated heterocycles. The Bertz CT molecular complexity index is 569. The highest BCUT2D eigenvalue weighted by Crippen LogP contribution is 2.21. The molecule has 138 valence electrons. The largest absolute Gasteiger partial charge is 0.397 e. The van der Waals surface area contributed by atoms with E-state index in [9.17, 15) is 4.79 Å². The van der Waals surface area contributed by atoms with Crippen molar-refractivity contribution in [1.29, 1.82) is 0 Å². The van der Waals surface area contributed by atoms with E-state index in [2.05, 4.69) is 25.2 Å². The molecule has 1 aliphatic rings. The van der Waals surface area contributed by atoms with Crippen molar-refractivity contribution in [2.24, 2.45) is 5.92 Å². The van der Waals surface area contributed by atoms with Crippen LogP contribution in [0.25, 0.3) is 0 Å². The van der Waals surface area contributed by atoms with Crippen molar-refractivity contribution in [3.8, 4) is 0 Å². The van der Waals surface area contributed by atoms with Crippen LogP contribution in [0.3, 0.4) is 0 Å². The van der Waals surface area contributed by atoms with Gasteiger partial charge in [-0.1, -0.05) is 88.3 Å². The zero-order chi connectivity index (χ0) is 18.5. The number of allylic oxidation sites excluding steroid dienone is 3. The van der Waals surface area contributed by atoms with Crippen LogP contribution < -0.4 is 11.1 Å². The first-order valence-corrected chi connectivity index (χ1v) is 9.58. The Kier molecular flexibility index (Phi) is 10.4. The summed E-state index contributed by atoms with van der Waals surface area (Å²) in [5.41, 5.74) is 8.25. The van der Waals surface area contributed by atoms with E-state index in [1.54, 1.807) is 12.1 Å². The van der Waals surface area contributed by atoms with Gasteiger partial charge in [0.15, 0.2) is 0 Å². The quantitative estimate of drug-likeness (QED) is 0.465. The van der Waals surface area contributed by atoms with E-state index >= 15 is 0 Å². The van der Waals surface area contributed by atoms with Gasteiger partial charge in [0.1, 0.15) is 0 Å². The number of nitrogens with two attached hydrogens (primary N) is 1. The maximum absolute atomic E-state index is 12.0. The van der Waals surface area contributed by atoms with Gasteiger partial charge in [0.05, 0.1) is 17.3 Å². The van der Waals surface area contributed by atoms with Crippen molar-refractivity contribution in [2.45, 2.75) is 65.7 Å². The van der Waals surface area contributed by atoms with Crippen LogP contribution in [0.5, 0.6) is 0 Å². The molecule has 0 fully saturated rings. The van der Waals surface area contributed by atoms with Gasteiger partial charge in [0.25, 0.3) is 0 Å². The van der Waals surface area contributed by atoms with E-state index in [4.69, 9.17) is 5.73 Å². The molecule has 1 aliphatic carbocycles. The van der Waals surface area contributed by atoms with Crippen LogP contribution in [0.4, 0.5) is 11.4 Å². The maximum atomic E-state index is 12.0. The first kappa shape index (κ1) is 21.0. The second kappa shape index (κ2) is 12.3. The van der Waals surface area contributed by atoms with Gasteiger partial charge in [0, 0.05) is 0 Å². The molecule has 3 N–H and O–H groups in total. The van der Waals surface area contributed by atoms with Gasteiger partial charge in [0.2, 0.25) is 5.91 Å². The molecule has 0 aromatic heterocycles. The summed E-state index contributed by atoms with van der Waals surface area (Å²) >= 11 is 0. The normalized spacial score (nSPS) is 15.8. The molecule has 0 aliphatic heterocycles. The third-order valence-electron chi connectivity index (χ3n) is 4.30. The molecule has 1 aromatic rings. The maximum Gasteiger partial charge on any atom is 0.231 e. The molecule has 2 rings (SSSR count). The number of hydrogen-bond acceptors (Lipinski definition) is 2. The number of benzene rings is 1. The fourth-order valence-corrected chi connectivity index (χ4v) is 2.61. The van der Waals surface area contributed by atoms with Crippen LogP contribution in [0.2, 0.25) is 0 Å². The SMILES string of the molecule is CC1=CCC(C(=O)Nc2ccccc2N)C=C1.CCCCCCCC. The smallest absolute Gasteiger partial charge is 0.231 e. The molecule has 1 amide bonds. The van der Waals surface area contributed by atoms with Crippen LogP contribution >= 0.6 is 0 Å². The molecule has 0 radical (unpaired) electrons. The predicted octanol–water partition coefficient (Wildman–Crippen LogP) is 6.10. The summed E-state index contributed by atoms with van der Waals surface area (Å²) in [6.45, 7) is 6.54. The summed E-state index contributed by atoms with van der Waals surface area (Å²) < 4.78 is 0. The standard InChI is InChI=1S/C14H16N2O.C8H18/c1-10-6-8-11(9-7-10)14(17)16-13-5-3-2-4-12(13)15;1-3-5-7-8-6-4-2/h2-8,11H,9,15H2,1H3,(H,16,17);3-8H2,1-2H3. The van der Waals surface area contributed by atoms with E-state index < -0.39 is 0 Å². The lowest BCUT2D eigenvalue weighted by atomic mass is 9.96. The van der Waals surface area contributed by atoms with Crippen LogP contribution in [-0.2, 0) is 4.79 Å². The summed E-state index contributed by atoms with van der Waals surface area (Å²) in [4.78, 5) is 12.0. The zero-order valence-corrected chi connectivity index (χ0v) is 16.1. The fraction of sp³-hybridized carbons (Fsp3) is 0.500. The molecular formula is C22H34N2O. The Morgan fingerprint density at radius 2 is 1.76 bits per heavy atom. The lowest BCUT2D eigenvalue weighted by molar-refractivity contribution is -0.118. The Labute approximate surface area is 153 Å². The average Bonchev–Trinajstić information content (AvgIpc) is 2.62. The minimum atomic E-state index is -0.0988. The first-order valence-electron chi connectivity index (χ1n) is 9.58. The van der Waals surface area contributed by atoms with Crippen LogP contribution in [0, 0.1) is 5.92 Å². The van der Waals surface area contributed by atoms with Crippen LogP contribution in [0.1, 0.15) is 65.7 Å². The number of carbonyl (C=O) groups is 1. The van der Waals surface area contributed by atoms with Crippen LogP contribution in [0.15, 0.2) is 48.1 Å². The van der Waals surface area contributed by atoms with E-state index in [0.717, 1.165) is 6.42 Å². The minimum Gasteiger partial charge on any atom is -0.397 e. The molecule has 1 atom stereocenters. The highest BCUT2D eigenvalue weighted by atomic mass is 16.1. The van der Waals surface area contributed by atoms with Crippen molar-refractivity contribution in [1.82, 2.24) is 0 Å². The minimum absolute atomic E-state index is 0.0112. The Hall–Kier alpha value is -2.03. The number of rotatable bonds is 7. The average molecular weight is 343 g/mol. The number of carbonyl (C=O) groups excluding carboxylic acids is 1. The summed E-state index contributed by atoms with van der Waals surface area (Å²) in [5, 5.41) is 2.85. The van der Waals surface area contributed by atoms with Gasteiger partial charge in [-0.2, -0.15) is 0 Å². The summed E-state index contributed by atoms with van der Waals surface area (Å²) in [5.74, 6) is -0.110. The number of para-hydroxylation sites is 2. The fourth-order valence-electron chi connectivity index (χ4n) is 2.61. The van der Waals surface area contributed by atoms with E-state index in [0.29, 0.717) is 11.4 Å². The van der Waals surface area contributed by atoms with Gasteiger partial charge < -0.3 is 11.1 Å². The molecule has 0 saturated carbocycles. The molecule has 0 heterocycles. The molecule has 0 spiro atoms. The molecular weight excluding hydrogens is 308 g/mol. The number of nitrogen functional groups attached to an aromatic ring is 1. The predicted molar refractivity (Wildman–Crippen MR) is 110 cm³/mol. The number of anilines is 2. The highest BCUT2D eigenvalue weighted by molar-refractivity contribution is 5.96. The topological polar surface area (TPSA) is 55.1 Å². The molecule has 0 bridgehead atoms. The van der Waals surface area contributed by atoms with Gasteiger partial charge in [-0.25, -0.2) is 0 Å². The van der Waals surface area contributed by atoms with Crippen molar-refractivity contribution in [3.63, 3.8) is 0 Å². The Balaban J connectivity index is 0.000000333. The zero-order valence-electron chi connectivity index (χ0n) is 16.1. The van der Waals surface area contributed by atoms with Gasteiger partial charge in [-0.3, -0.25) is 4.79 Å². The molecule has 3 nitrogen and oxygen atoms in total. The third kappa shape index (κ3) is 8.57. The molecule has 1 aromatic carbocycles. The van der Waals surface area contributed by atoms with Crippen molar-refractivity contribution >= 4 is 17.3 Å². The van der Waals surface area contributed by atoms with Gasteiger partial charge >= 0.3 is 0 Å². The molecule has 3 heteroatoms. The van der Waals surface area contributed by atoms with Crippen molar-refractivity contribution in [2.75, 3.05) is 11.1 Å². The summed E-state index contributed by atoms with van der Waals surface area (Å²) in [7, 11) is 0. The number of nitrogens with one attached hydrogen (secondary N) is 1. The monoisotopic (exact) mass is 342 g/mol. The third-order valence-corrected chi connectivity index (χ3v) is 4.30. The van der Waals surface area contributed by atoms with Gasteiger partial charge in [-0.05, 0) is 25.5 Å².